The topological polar surface area (TPSA) is 115 Å². The smallest absolute Gasteiger partial charge is 0.365 e. The van der Waals surface area contributed by atoms with E-state index in [1.807, 2.05) is 13.8 Å². The van der Waals surface area contributed by atoms with E-state index in [0.29, 0.717) is 27.0 Å². The number of amides is 2. The molecule has 0 saturated carbocycles. The molecular weight excluding hydrogens is 627 g/mol. The van der Waals surface area contributed by atoms with E-state index in [9.17, 15) is 31.5 Å². The number of aromatic nitrogens is 4. The van der Waals surface area contributed by atoms with Gasteiger partial charge in [0.2, 0.25) is 0 Å². The summed E-state index contributed by atoms with van der Waals surface area (Å²) in [6.45, 7) is 3.96. The van der Waals surface area contributed by atoms with Crippen molar-refractivity contribution in [2.75, 3.05) is 5.32 Å². The Bertz CT molecular complexity index is 2120. The number of pyridine rings is 1. The lowest BCUT2D eigenvalue weighted by atomic mass is 10.0. The first-order valence-electron chi connectivity index (χ1n) is 13.8. The number of carbonyl (C=O) groups is 2. The van der Waals surface area contributed by atoms with Crippen LogP contribution in [0.25, 0.3) is 38.2 Å². The molecule has 0 aliphatic heterocycles. The van der Waals surface area contributed by atoms with Gasteiger partial charge in [0.05, 0.1) is 17.6 Å². The SMILES string of the molecule is CC(C)c1ccc(-c2cc(C(F)(F)F)n3ncc(C(=O)Nc4c(C(N)=O)sc5nc(C(F)F)cc(-c6ccccc6)c45)c3n2)cc1. The Morgan fingerprint density at radius 1 is 0.957 bits per heavy atom. The van der Waals surface area contributed by atoms with Crippen molar-refractivity contribution in [3.05, 3.63) is 100 Å². The third-order valence-electron chi connectivity index (χ3n) is 7.33. The highest BCUT2D eigenvalue weighted by Crippen LogP contribution is 2.43. The van der Waals surface area contributed by atoms with Crippen LogP contribution in [0.5, 0.6) is 0 Å². The molecule has 234 valence electrons. The molecule has 2 aromatic carbocycles. The molecule has 46 heavy (non-hydrogen) atoms. The second kappa shape index (κ2) is 11.6. The van der Waals surface area contributed by atoms with Gasteiger partial charge in [-0.15, -0.1) is 11.3 Å². The summed E-state index contributed by atoms with van der Waals surface area (Å²) in [4.78, 5) is 34.5. The molecule has 0 unspecified atom stereocenters. The summed E-state index contributed by atoms with van der Waals surface area (Å²) in [5, 5.41) is 6.55. The summed E-state index contributed by atoms with van der Waals surface area (Å²) in [5.41, 5.74) is 5.11. The third kappa shape index (κ3) is 5.55. The number of nitrogens with zero attached hydrogens (tertiary/aromatic N) is 4. The number of primary amides is 1. The fraction of sp³-hybridized carbons (Fsp3) is 0.156. The number of nitrogens with one attached hydrogen (secondary N) is 1. The summed E-state index contributed by atoms with van der Waals surface area (Å²) in [5.74, 6) is -1.74. The molecule has 3 N–H and O–H groups in total. The highest BCUT2D eigenvalue weighted by atomic mass is 32.1. The first-order chi connectivity index (χ1) is 21.8. The number of carbonyl (C=O) groups excluding carboxylic acids is 2. The van der Waals surface area contributed by atoms with Gasteiger partial charge in [0.15, 0.2) is 11.3 Å². The second-order valence-electron chi connectivity index (χ2n) is 10.7. The van der Waals surface area contributed by atoms with Crippen molar-refractivity contribution in [1.82, 2.24) is 19.6 Å². The van der Waals surface area contributed by atoms with Crippen molar-refractivity contribution in [3.8, 4) is 22.4 Å². The van der Waals surface area contributed by atoms with Gasteiger partial charge in [-0.3, -0.25) is 9.59 Å². The number of benzene rings is 2. The molecule has 0 radical (unpaired) electrons. The summed E-state index contributed by atoms with van der Waals surface area (Å²) in [6, 6.07) is 17.3. The van der Waals surface area contributed by atoms with E-state index >= 15 is 0 Å². The average molecular weight is 651 g/mol. The average Bonchev–Trinajstić information content (AvgIpc) is 3.62. The summed E-state index contributed by atoms with van der Waals surface area (Å²) in [7, 11) is 0. The van der Waals surface area contributed by atoms with Crippen molar-refractivity contribution in [2.45, 2.75) is 32.4 Å². The Morgan fingerprint density at radius 3 is 2.26 bits per heavy atom. The molecule has 14 heteroatoms. The minimum atomic E-state index is -4.85. The molecule has 0 fully saturated rings. The Balaban J connectivity index is 1.52. The first kappa shape index (κ1) is 30.8. The predicted molar refractivity (Wildman–Crippen MR) is 164 cm³/mol. The van der Waals surface area contributed by atoms with E-state index in [-0.39, 0.29) is 43.5 Å². The number of anilines is 1. The van der Waals surface area contributed by atoms with Gasteiger partial charge in [-0.25, -0.2) is 23.3 Å². The maximum Gasteiger partial charge on any atom is 0.433 e. The number of hydrogen-bond donors (Lipinski definition) is 2. The molecule has 0 aliphatic rings. The summed E-state index contributed by atoms with van der Waals surface area (Å²) >= 11 is 0.705. The van der Waals surface area contributed by atoms with Crippen LogP contribution >= 0.6 is 11.3 Å². The lowest BCUT2D eigenvalue weighted by Gasteiger charge is -2.13. The number of hydrogen-bond acceptors (Lipinski definition) is 6. The van der Waals surface area contributed by atoms with Crippen LogP contribution in [0.1, 0.15) is 63.2 Å². The number of fused-ring (bicyclic) bond motifs is 2. The zero-order valence-electron chi connectivity index (χ0n) is 24.1. The highest BCUT2D eigenvalue weighted by molar-refractivity contribution is 7.21. The normalized spacial score (nSPS) is 12.0. The minimum Gasteiger partial charge on any atom is -0.365 e. The fourth-order valence-electron chi connectivity index (χ4n) is 5.06. The third-order valence-corrected chi connectivity index (χ3v) is 8.43. The monoisotopic (exact) mass is 650 g/mol. The van der Waals surface area contributed by atoms with Crippen LogP contribution in [0.15, 0.2) is 72.9 Å². The molecule has 2 amide bonds. The standard InChI is InChI=1S/C32H23F5N6O2S/c1-15(2)16-8-10-18(11-9-16)21-13-23(32(35,36)37)43-29(40-21)20(14-39-43)30(45)42-25-24-19(17-6-4-3-5-7-17)12-22(27(33)34)41-31(24)46-26(25)28(38)44/h3-15,27H,1-2H3,(H2,38,44)(H,42,45). The molecular formula is C32H23F5N6O2S. The van der Waals surface area contributed by atoms with Crippen LogP contribution in [-0.2, 0) is 6.18 Å². The molecule has 4 aromatic heterocycles. The van der Waals surface area contributed by atoms with Gasteiger partial charge in [-0.1, -0.05) is 68.4 Å². The van der Waals surface area contributed by atoms with Crippen molar-refractivity contribution in [2.24, 2.45) is 5.73 Å². The quantitative estimate of drug-likeness (QED) is 0.170. The van der Waals surface area contributed by atoms with E-state index in [4.69, 9.17) is 5.73 Å². The van der Waals surface area contributed by atoms with Gasteiger partial charge in [0.25, 0.3) is 18.2 Å². The molecule has 6 rings (SSSR count). The molecule has 8 nitrogen and oxygen atoms in total. The first-order valence-corrected chi connectivity index (χ1v) is 14.6. The Hall–Kier alpha value is -5.24. The van der Waals surface area contributed by atoms with Crippen molar-refractivity contribution in [3.63, 3.8) is 0 Å². The summed E-state index contributed by atoms with van der Waals surface area (Å²) in [6.07, 6.45) is -6.86. The van der Waals surface area contributed by atoms with E-state index in [1.165, 1.54) is 0 Å². The van der Waals surface area contributed by atoms with E-state index < -0.39 is 41.5 Å². The molecule has 4 heterocycles. The molecule has 6 aromatic rings. The second-order valence-corrected chi connectivity index (χ2v) is 11.7. The summed E-state index contributed by atoms with van der Waals surface area (Å²) < 4.78 is 70.8. The van der Waals surface area contributed by atoms with Crippen LogP contribution < -0.4 is 11.1 Å². The van der Waals surface area contributed by atoms with Crippen LogP contribution in [0.3, 0.4) is 0 Å². The van der Waals surface area contributed by atoms with Gasteiger partial charge in [-0.2, -0.15) is 18.3 Å². The van der Waals surface area contributed by atoms with Crippen LogP contribution in [0.2, 0.25) is 0 Å². The van der Waals surface area contributed by atoms with Crippen molar-refractivity contribution < 1.29 is 31.5 Å². The Morgan fingerprint density at radius 2 is 1.65 bits per heavy atom. The molecule has 0 spiro atoms. The lowest BCUT2D eigenvalue weighted by molar-refractivity contribution is -0.142. The van der Waals surface area contributed by atoms with Gasteiger partial charge >= 0.3 is 6.18 Å². The Labute approximate surface area is 261 Å². The van der Waals surface area contributed by atoms with Gasteiger partial charge in [-0.05, 0) is 34.7 Å². The number of rotatable bonds is 7. The predicted octanol–water partition coefficient (Wildman–Crippen LogP) is 8.10. The van der Waals surface area contributed by atoms with Gasteiger partial charge in [0, 0.05) is 10.9 Å². The van der Waals surface area contributed by atoms with Crippen LogP contribution in [0, 0.1) is 0 Å². The van der Waals surface area contributed by atoms with Crippen LogP contribution in [-0.4, -0.2) is 31.4 Å². The van der Waals surface area contributed by atoms with Crippen LogP contribution in [0.4, 0.5) is 27.6 Å². The number of thiophene rings is 1. The molecule has 0 saturated heterocycles. The van der Waals surface area contributed by atoms with Gasteiger partial charge < -0.3 is 11.1 Å². The highest BCUT2D eigenvalue weighted by Gasteiger charge is 2.36. The number of halogens is 5. The zero-order chi connectivity index (χ0) is 32.9. The van der Waals surface area contributed by atoms with E-state index in [2.05, 4.69) is 20.4 Å². The Kier molecular flexibility index (Phi) is 7.76. The lowest BCUT2D eigenvalue weighted by Crippen LogP contribution is -2.18. The maximum atomic E-state index is 14.2. The van der Waals surface area contributed by atoms with Crippen molar-refractivity contribution >= 4 is 44.7 Å². The minimum absolute atomic E-state index is 0.00484. The van der Waals surface area contributed by atoms with Gasteiger partial charge in [0.1, 0.15) is 21.0 Å². The number of alkyl halides is 5. The van der Waals surface area contributed by atoms with Crippen molar-refractivity contribution in [1.29, 1.82) is 0 Å². The maximum absolute atomic E-state index is 14.2. The molecule has 0 bridgehead atoms. The largest absolute Gasteiger partial charge is 0.433 e. The zero-order valence-corrected chi connectivity index (χ0v) is 24.9. The van der Waals surface area contributed by atoms with E-state index in [1.54, 1.807) is 54.6 Å². The van der Waals surface area contributed by atoms with E-state index in [0.717, 1.165) is 23.9 Å². The molecule has 0 atom stereocenters. The molecule has 0 aliphatic carbocycles. The fourth-order valence-corrected chi connectivity index (χ4v) is 6.07. The number of nitrogens with two attached hydrogens (primary N) is 1.